The Balaban J connectivity index is 2.13. The van der Waals surface area contributed by atoms with Gasteiger partial charge in [0.15, 0.2) is 0 Å². The third-order valence-electron chi connectivity index (χ3n) is 3.19. The first kappa shape index (κ1) is 22.2. The second kappa shape index (κ2) is 9.37. The zero-order chi connectivity index (χ0) is 20.9. The first-order chi connectivity index (χ1) is 13.1. The van der Waals surface area contributed by atoms with Crippen LogP contribution in [0.25, 0.3) is 0 Å². The number of rotatable bonds is 5. The molecule has 0 aliphatic rings. The van der Waals surface area contributed by atoms with Crippen molar-refractivity contribution in [3.8, 4) is 5.75 Å². The van der Waals surface area contributed by atoms with Crippen LogP contribution in [0.5, 0.6) is 5.75 Å². The van der Waals surface area contributed by atoms with Crippen molar-refractivity contribution in [1.82, 2.24) is 0 Å². The van der Waals surface area contributed by atoms with Gasteiger partial charge in [-0.05, 0) is 68.3 Å². The van der Waals surface area contributed by atoms with Gasteiger partial charge in [0.2, 0.25) is 5.90 Å². The third-order valence-corrected chi connectivity index (χ3v) is 4.51. The Hall–Kier alpha value is -2.14. The summed E-state index contributed by atoms with van der Waals surface area (Å²) in [6, 6.07) is 8.86. The van der Waals surface area contributed by atoms with Gasteiger partial charge < -0.3 is 14.8 Å². The highest BCUT2D eigenvalue weighted by molar-refractivity contribution is 9.11. The molecule has 2 aromatic carbocycles. The van der Waals surface area contributed by atoms with E-state index in [0.29, 0.717) is 14.5 Å². The Kier molecular flexibility index (Phi) is 7.41. The minimum absolute atomic E-state index is 0.0216. The van der Waals surface area contributed by atoms with E-state index in [-0.39, 0.29) is 11.6 Å². The van der Waals surface area contributed by atoms with Crippen LogP contribution >= 0.6 is 31.9 Å². The molecule has 2 rings (SSSR count). The van der Waals surface area contributed by atoms with E-state index >= 15 is 0 Å². The van der Waals surface area contributed by atoms with E-state index in [9.17, 15) is 22.4 Å². The van der Waals surface area contributed by atoms with Crippen LogP contribution in [-0.2, 0) is 4.74 Å². The standard InChI is InChI=1S/C17H12Br2F4N2O3/c1-27-14(13-11(18)3-2-4-12(13)19)25-16(26)24-9-5-7-10(8-6-9)28-17(22,23)15(20)21/h2-8,15H,1H3,(H,24,26). The molecule has 0 fully saturated rings. The fourth-order valence-corrected chi connectivity index (χ4v) is 3.29. The lowest BCUT2D eigenvalue weighted by atomic mass is 10.2. The first-order valence-corrected chi connectivity index (χ1v) is 9.05. The van der Waals surface area contributed by atoms with Crippen molar-refractivity contribution in [3.63, 3.8) is 0 Å². The number of hydrogen-bond acceptors (Lipinski definition) is 3. The van der Waals surface area contributed by atoms with Crippen molar-refractivity contribution >= 4 is 49.5 Å². The lowest BCUT2D eigenvalue weighted by molar-refractivity contribution is -0.253. The number of benzene rings is 2. The van der Waals surface area contributed by atoms with Gasteiger partial charge in [0.25, 0.3) is 0 Å². The van der Waals surface area contributed by atoms with Gasteiger partial charge in [-0.2, -0.15) is 22.6 Å². The van der Waals surface area contributed by atoms with E-state index in [1.807, 2.05) is 0 Å². The van der Waals surface area contributed by atoms with Crippen LogP contribution in [0.4, 0.5) is 28.0 Å². The molecule has 11 heteroatoms. The number of amides is 2. The molecule has 2 aromatic rings. The van der Waals surface area contributed by atoms with Gasteiger partial charge in [-0.25, -0.2) is 4.79 Å². The molecule has 0 saturated carbocycles. The van der Waals surface area contributed by atoms with Crippen molar-refractivity contribution in [2.45, 2.75) is 12.5 Å². The topological polar surface area (TPSA) is 59.9 Å². The van der Waals surface area contributed by atoms with E-state index in [0.717, 1.165) is 12.1 Å². The summed E-state index contributed by atoms with van der Waals surface area (Å²) in [4.78, 5) is 15.9. The summed E-state index contributed by atoms with van der Waals surface area (Å²) in [5, 5.41) is 2.40. The fourth-order valence-electron chi connectivity index (χ4n) is 1.96. The Morgan fingerprint density at radius 2 is 1.68 bits per heavy atom. The zero-order valence-corrected chi connectivity index (χ0v) is 17.2. The molecular formula is C17H12Br2F4N2O3. The van der Waals surface area contributed by atoms with Crippen LogP contribution in [0.1, 0.15) is 5.56 Å². The second-order valence-corrected chi connectivity index (χ2v) is 6.85. The molecule has 0 unspecified atom stereocenters. The molecule has 0 atom stereocenters. The third kappa shape index (κ3) is 5.68. The van der Waals surface area contributed by atoms with Crippen molar-refractivity contribution < 1.29 is 31.8 Å². The van der Waals surface area contributed by atoms with E-state index in [4.69, 9.17) is 4.74 Å². The van der Waals surface area contributed by atoms with Crippen molar-refractivity contribution in [2.24, 2.45) is 4.99 Å². The maximum absolute atomic E-state index is 12.9. The molecule has 0 aliphatic heterocycles. The largest absolute Gasteiger partial charge is 0.480 e. The summed E-state index contributed by atoms with van der Waals surface area (Å²) in [6.07, 6.45) is -8.58. The highest BCUT2D eigenvalue weighted by Gasteiger charge is 2.43. The summed E-state index contributed by atoms with van der Waals surface area (Å²) in [5.74, 6) is -0.463. The van der Waals surface area contributed by atoms with Gasteiger partial charge in [-0.1, -0.05) is 6.07 Å². The van der Waals surface area contributed by atoms with E-state index in [1.165, 1.54) is 19.2 Å². The van der Waals surface area contributed by atoms with Gasteiger partial charge in [0.1, 0.15) is 5.75 Å². The van der Waals surface area contributed by atoms with Crippen LogP contribution in [0.15, 0.2) is 56.4 Å². The maximum atomic E-state index is 12.9. The van der Waals surface area contributed by atoms with E-state index < -0.39 is 24.3 Å². The summed E-state index contributed by atoms with van der Waals surface area (Å²) in [5.41, 5.74) is 0.696. The van der Waals surface area contributed by atoms with Crippen LogP contribution in [0, 0.1) is 0 Å². The number of halogens is 6. The van der Waals surface area contributed by atoms with Gasteiger partial charge in [0.05, 0.1) is 12.7 Å². The van der Waals surface area contributed by atoms with Gasteiger partial charge in [-0.15, -0.1) is 0 Å². The van der Waals surface area contributed by atoms with E-state index in [1.54, 1.807) is 18.2 Å². The number of methoxy groups -OCH3 is 1. The number of hydrogen-bond donors (Lipinski definition) is 1. The maximum Gasteiger partial charge on any atom is 0.461 e. The summed E-state index contributed by atoms with van der Waals surface area (Å²) in [6.45, 7) is 0. The molecule has 0 bridgehead atoms. The number of nitrogens with one attached hydrogen (secondary N) is 1. The van der Waals surface area contributed by atoms with Crippen LogP contribution in [-0.4, -0.2) is 31.6 Å². The summed E-state index contributed by atoms with van der Waals surface area (Å²) >= 11 is 6.67. The smallest absolute Gasteiger partial charge is 0.461 e. The highest BCUT2D eigenvalue weighted by Crippen LogP contribution is 2.28. The number of carbonyl (C=O) groups excluding carboxylic acids is 1. The molecule has 5 nitrogen and oxygen atoms in total. The Labute approximate surface area is 174 Å². The molecule has 150 valence electrons. The summed E-state index contributed by atoms with van der Waals surface area (Å²) < 4.78 is 60.4. The predicted molar refractivity (Wildman–Crippen MR) is 102 cm³/mol. The average molecular weight is 528 g/mol. The van der Waals surface area contributed by atoms with Crippen molar-refractivity contribution in [2.75, 3.05) is 12.4 Å². The molecule has 2 amide bonds. The Bertz CT molecular complexity index is 857. The van der Waals surface area contributed by atoms with Crippen LogP contribution in [0.2, 0.25) is 0 Å². The quantitative estimate of drug-likeness (QED) is 0.291. The number of urea groups is 1. The minimum atomic E-state index is -4.61. The highest BCUT2D eigenvalue weighted by atomic mass is 79.9. The van der Waals surface area contributed by atoms with Crippen molar-refractivity contribution in [3.05, 3.63) is 57.0 Å². The zero-order valence-electron chi connectivity index (χ0n) is 14.1. The predicted octanol–water partition coefficient (Wildman–Crippen LogP) is 6.07. The number of alkyl halides is 4. The summed E-state index contributed by atoms with van der Waals surface area (Å²) in [7, 11) is 1.34. The molecule has 0 heterocycles. The van der Waals surface area contributed by atoms with Crippen molar-refractivity contribution in [1.29, 1.82) is 0 Å². The van der Waals surface area contributed by atoms with Crippen LogP contribution in [0.3, 0.4) is 0 Å². The van der Waals surface area contributed by atoms with Gasteiger partial charge in [0, 0.05) is 14.6 Å². The number of aliphatic imine (C=N–C) groups is 1. The molecule has 0 spiro atoms. The molecule has 0 aromatic heterocycles. The number of nitrogens with zero attached hydrogens (tertiary/aromatic N) is 1. The second-order valence-electron chi connectivity index (χ2n) is 5.14. The lowest BCUT2D eigenvalue weighted by Gasteiger charge is -2.16. The minimum Gasteiger partial charge on any atom is -0.480 e. The molecule has 28 heavy (non-hydrogen) atoms. The molecular weight excluding hydrogens is 516 g/mol. The van der Waals surface area contributed by atoms with Crippen LogP contribution < -0.4 is 10.1 Å². The number of ether oxygens (including phenoxy) is 2. The van der Waals surface area contributed by atoms with E-state index in [2.05, 4.69) is 46.9 Å². The number of anilines is 1. The fraction of sp³-hybridized carbons (Fsp3) is 0.176. The Morgan fingerprint density at radius 3 is 2.18 bits per heavy atom. The van der Waals surface area contributed by atoms with Gasteiger partial charge in [-0.3, -0.25) is 0 Å². The normalized spacial score (nSPS) is 12.1. The molecule has 0 saturated heterocycles. The molecule has 0 radical (unpaired) electrons. The Morgan fingerprint density at radius 1 is 1.11 bits per heavy atom. The van der Waals surface area contributed by atoms with Gasteiger partial charge >= 0.3 is 18.6 Å². The number of carbonyl (C=O) groups is 1. The molecule has 1 N–H and O–H groups in total. The average Bonchev–Trinajstić information content (AvgIpc) is 2.62. The SMILES string of the molecule is COC(=NC(=O)Nc1ccc(OC(F)(F)C(F)F)cc1)c1c(Br)cccc1Br. The monoisotopic (exact) mass is 526 g/mol. The first-order valence-electron chi connectivity index (χ1n) is 7.47. The molecule has 0 aliphatic carbocycles. The lowest BCUT2D eigenvalue weighted by Crippen LogP contribution is -2.33.